The number of hydrogen-bond acceptors (Lipinski definition) is 5. The van der Waals surface area contributed by atoms with Crippen molar-refractivity contribution in [2.45, 2.75) is 13.0 Å². The van der Waals surface area contributed by atoms with Crippen molar-refractivity contribution in [3.63, 3.8) is 0 Å². The number of carbonyl (C=O) groups is 2. The van der Waals surface area contributed by atoms with E-state index in [9.17, 15) is 9.59 Å². The minimum Gasteiger partial charge on any atom is -0.497 e. The molecule has 0 aliphatic rings. The molecule has 0 unspecified atom stereocenters. The van der Waals surface area contributed by atoms with Gasteiger partial charge in [-0.2, -0.15) is 5.26 Å². The Kier molecular flexibility index (Phi) is 6.46. The number of nitrogens with zero attached hydrogens (tertiary/aromatic N) is 1. The van der Waals surface area contributed by atoms with E-state index in [1.54, 1.807) is 37.5 Å². The zero-order chi connectivity index (χ0) is 21.5. The lowest BCUT2D eigenvalue weighted by Gasteiger charge is -2.12. The maximum Gasteiger partial charge on any atom is 0.331 e. The smallest absolute Gasteiger partial charge is 0.331 e. The molecular weight excluding hydrogens is 380 g/mol. The van der Waals surface area contributed by atoms with Crippen LogP contribution in [-0.2, 0) is 14.3 Å². The average molecular weight is 400 g/mol. The molecule has 1 amide bonds. The fourth-order valence-corrected chi connectivity index (χ4v) is 2.81. The number of benzene rings is 3. The lowest BCUT2D eigenvalue weighted by Crippen LogP contribution is -2.29. The maximum absolute atomic E-state index is 12.2. The number of ether oxygens (including phenoxy) is 2. The van der Waals surface area contributed by atoms with Gasteiger partial charge in [0.25, 0.3) is 5.91 Å². The Labute approximate surface area is 174 Å². The number of carbonyl (C=O) groups excluding carboxylic acids is 2. The monoisotopic (exact) mass is 400 g/mol. The third-order valence-corrected chi connectivity index (χ3v) is 4.40. The zero-order valence-electron chi connectivity index (χ0n) is 16.6. The van der Waals surface area contributed by atoms with Gasteiger partial charge in [0.15, 0.2) is 6.10 Å². The standard InChI is InChI=1S/C24H20N2O4/c1-16(24(28)26-21-5-3-4-18(13-21)15-25)30-23(27)11-7-17-6-8-20-14-22(29-2)10-9-19(20)12-17/h3-14,16H,1-2H3,(H,26,28)/b11-7+/t16-/m1/s1. The summed E-state index contributed by atoms with van der Waals surface area (Å²) in [5.41, 5.74) is 1.72. The Hall–Kier alpha value is -4.11. The number of amides is 1. The number of rotatable bonds is 6. The van der Waals surface area contributed by atoms with Gasteiger partial charge in [-0.3, -0.25) is 4.79 Å². The molecule has 150 valence electrons. The van der Waals surface area contributed by atoms with Crippen LogP contribution < -0.4 is 10.1 Å². The minimum absolute atomic E-state index is 0.425. The van der Waals surface area contributed by atoms with Crippen LogP contribution in [0.2, 0.25) is 0 Å². The highest BCUT2D eigenvalue weighted by Gasteiger charge is 2.16. The molecule has 0 radical (unpaired) electrons. The molecule has 0 saturated heterocycles. The molecule has 0 aromatic heterocycles. The Morgan fingerprint density at radius 1 is 1.07 bits per heavy atom. The van der Waals surface area contributed by atoms with Crippen LogP contribution in [0.1, 0.15) is 18.1 Å². The first kappa shape index (κ1) is 20.6. The number of methoxy groups -OCH3 is 1. The van der Waals surface area contributed by atoms with Gasteiger partial charge >= 0.3 is 5.97 Å². The molecule has 3 aromatic rings. The Morgan fingerprint density at radius 3 is 2.60 bits per heavy atom. The Morgan fingerprint density at radius 2 is 1.83 bits per heavy atom. The molecule has 0 aliphatic carbocycles. The highest BCUT2D eigenvalue weighted by molar-refractivity contribution is 5.97. The Balaban J connectivity index is 1.60. The van der Waals surface area contributed by atoms with Crippen molar-refractivity contribution >= 4 is 34.4 Å². The molecule has 0 saturated carbocycles. The SMILES string of the molecule is COc1ccc2cc(/C=C/C(=O)O[C@H](C)C(=O)Nc3cccc(C#N)c3)ccc2c1. The first-order valence-corrected chi connectivity index (χ1v) is 9.26. The second kappa shape index (κ2) is 9.39. The van der Waals surface area contributed by atoms with Gasteiger partial charge in [-0.25, -0.2) is 4.79 Å². The van der Waals surface area contributed by atoms with Gasteiger partial charge in [-0.1, -0.05) is 24.3 Å². The van der Waals surface area contributed by atoms with Crippen molar-refractivity contribution in [3.05, 3.63) is 77.9 Å². The summed E-state index contributed by atoms with van der Waals surface area (Å²) < 4.78 is 10.4. The average Bonchev–Trinajstić information content (AvgIpc) is 2.77. The second-order valence-electron chi connectivity index (χ2n) is 6.57. The van der Waals surface area contributed by atoms with E-state index in [0.29, 0.717) is 11.3 Å². The van der Waals surface area contributed by atoms with Gasteiger partial charge in [0.1, 0.15) is 5.75 Å². The molecule has 1 atom stereocenters. The fraction of sp³-hybridized carbons (Fsp3) is 0.125. The molecule has 6 nitrogen and oxygen atoms in total. The summed E-state index contributed by atoms with van der Waals surface area (Å²) >= 11 is 0. The van der Waals surface area contributed by atoms with E-state index >= 15 is 0 Å². The summed E-state index contributed by atoms with van der Waals surface area (Å²) in [7, 11) is 1.62. The number of hydrogen-bond donors (Lipinski definition) is 1. The fourth-order valence-electron chi connectivity index (χ4n) is 2.81. The van der Waals surface area contributed by atoms with Crippen LogP contribution in [0.25, 0.3) is 16.8 Å². The van der Waals surface area contributed by atoms with Crippen LogP contribution in [0.3, 0.4) is 0 Å². The van der Waals surface area contributed by atoms with E-state index in [1.807, 2.05) is 42.5 Å². The molecule has 3 aromatic carbocycles. The van der Waals surface area contributed by atoms with E-state index < -0.39 is 18.0 Å². The summed E-state index contributed by atoms with van der Waals surface area (Å²) in [6, 6.07) is 20.0. The zero-order valence-corrected chi connectivity index (χ0v) is 16.6. The molecule has 0 fully saturated rings. The van der Waals surface area contributed by atoms with Crippen molar-refractivity contribution in [3.8, 4) is 11.8 Å². The highest BCUT2D eigenvalue weighted by atomic mass is 16.5. The van der Waals surface area contributed by atoms with Crippen LogP contribution in [-0.4, -0.2) is 25.1 Å². The Bertz CT molecular complexity index is 1160. The van der Waals surface area contributed by atoms with Crippen LogP contribution in [0, 0.1) is 11.3 Å². The molecule has 0 bridgehead atoms. The van der Waals surface area contributed by atoms with Crippen molar-refractivity contribution in [2.75, 3.05) is 12.4 Å². The normalized spacial score (nSPS) is 11.6. The molecule has 0 aliphatic heterocycles. The van der Waals surface area contributed by atoms with Crippen molar-refractivity contribution in [1.29, 1.82) is 5.26 Å². The topological polar surface area (TPSA) is 88.4 Å². The van der Waals surface area contributed by atoms with E-state index in [2.05, 4.69) is 5.32 Å². The third-order valence-electron chi connectivity index (χ3n) is 4.40. The summed E-state index contributed by atoms with van der Waals surface area (Å²) in [4.78, 5) is 24.3. The summed E-state index contributed by atoms with van der Waals surface area (Å²) in [6.07, 6.45) is 1.93. The molecule has 6 heteroatoms. The molecule has 30 heavy (non-hydrogen) atoms. The van der Waals surface area contributed by atoms with E-state index in [0.717, 1.165) is 22.1 Å². The molecule has 0 spiro atoms. The van der Waals surface area contributed by atoms with Gasteiger partial charge in [-0.05, 0) is 65.7 Å². The van der Waals surface area contributed by atoms with Crippen LogP contribution in [0.15, 0.2) is 66.7 Å². The van der Waals surface area contributed by atoms with Crippen LogP contribution in [0.5, 0.6) is 5.75 Å². The van der Waals surface area contributed by atoms with Crippen LogP contribution in [0.4, 0.5) is 5.69 Å². The largest absolute Gasteiger partial charge is 0.497 e. The van der Waals surface area contributed by atoms with Gasteiger partial charge in [0.05, 0.1) is 18.7 Å². The van der Waals surface area contributed by atoms with Gasteiger partial charge in [-0.15, -0.1) is 0 Å². The van der Waals surface area contributed by atoms with Gasteiger partial charge < -0.3 is 14.8 Å². The number of nitriles is 1. The summed E-state index contributed by atoms with van der Waals surface area (Å²) in [5.74, 6) is -0.328. The molecular formula is C24H20N2O4. The lowest BCUT2D eigenvalue weighted by atomic mass is 10.1. The van der Waals surface area contributed by atoms with E-state index in [-0.39, 0.29) is 0 Å². The van der Waals surface area contributed by atoms with Crippen molar-refractivity contribution in [1.82, 2.24) is 0 Å². The number of fused-ring (bicyclic) bond motifs is 1. The first-order valence-electron chi connectivity index (χ1n) is 9.26. The van der Waals surface area contributed by atoms with Gasteiger partial charge in [0, 0.05) is 11.8 Å². The predicted molar refractivity (Wildman–Crippen MR) is 115 cm³/mol. The minimum atomic E-state index is -0.989. The molecule has 1 N–H and O–H groups in total. The lowest BCUT2D eigenvalue weighted by molar-refractivity contribution is -0.148. The van der Waals surface area contributed by atoms with Crippen molar-refractivity contribution in [2.24, 2.45) is 0 Å². The quantitative estimate of drug-likeness (QED) is 0.492. The number of anilines is 1. The summed E-state index contributed by atoms with van der Waals surface area (Å²) in [6.45, 7) is 1.48. The van der Waals surface area contributed by atoms with E-state index in [4.69, 9.17) is 14.7 Å². The number of esters is 1. The predicted octanol–water partition coefficient (Wildman–Crippen LogP) is 4.30. The first-order chi connectivity index (χ1) is 14.5. The summed E-state index contributed by atoms with van der Waals surface area (Å²) in [5, 5.41) is 13.6. The van der Waals surface area contributed by atoms with Crippen molar-refractivity contribution < 1.29 is 19.1 Å². The van der Waals surface area contributed by atoms with Gasteiger partial charge in [0.2, 0.25) is 0 Å². The number of nitrogens with one attached hydrogen (secondary N) is 1. The third kappa shape index (κ3) is 5.24. The second-order valence-corrected chi connectivity index (χ2v) is 6.57. The molecule has 0 heterocycles. The highest BCUT2D eigenvalue weighted by Crippen LogP contribution is 2.22. The van der Waals surface area contributed by atoms with Crippen LogP contribution >= 0.6 is 0 Å². The van der Waals surface area contributed by atoms with E-state index in [1.165, 1.54) is 13.0 Å². The maximum atomic E-state index is 12.2. The molecule has 3 rings (SSSR count).